The second kappa shape index (κ2) is 5.04. The molecular formula is C14H18F3NO. The summed E-state index contributed by atoms with van der Waals surface area (Å²) in [5, 5.41) is 0. The third kappa shape index (κ3) is 2.56. The maximum atomic E-state index is 13.7. The van der Waals surface area contributed by atoms with Crippen molar-refractivity contribution in [3.8, 4) is 5.75 Å². The minimum Gasteiger partial charge on any atom is -0.493 e. The second-order valence-electron chi connectivity index (χ2n) is 5.16. The van der Waals surface area contributed by atoms with Crippen molar-refractivity contribution < 1.29 is 17.9 Å². The summed E-state index contributed by atoms with van der Waals surface area (Å²) in [5.41, 5.74) is 5.80. The van der Waals surface area contributed by atoms with Crippen molar-refractivity contribution in [3.63, 3.8) is 0 Å². The second-order valence-corrected chi connectivity index (χ2v) is 5.16. The fourth-order valence-corrected chi connectivity index (χ4v) is 2.81. The molecule has 0 unspecified atom stereocenters. The first-order valence-corrected chi connectivity index (χ1v) is 6.35. The van der Waals surface area contributed by atoms with Crippen LogP contribution in [0.3, 0.4) is 0 Å². The Labute approximate surface area is 110 Å². The average Bonchev–Trinajstić information content (AvgIpc) is 2.39. The van der Waals surface area contributed by atoms with E-state index in [1.54, 1.807) is 12.1 Å². The van der Waals surface area contributed by atoms with Crippen molar-refractivity contribution >= 4 is 0 Å². The van der Waals surface area contributed by atoms with Gasteiger partial charge in [-0.25, -0.2) is 13.2 Å². The Bertz CT molecular complexity index is 452. The summed E-state index contributed by atoms with van der Waals surface area (Å²) < 4.78 is 45.5. The van der Waals surface area contributed by atoms with E-state index < -0.39 is 17.2 Å². The molecule has 0 aliphatic heterocycles. The molecule has 0 amide bonds. The SMILES string of the molecule is COc1c(F)cccc1C1(CN)CCC(F)(F)CC1. The molecule has 2 N–H and O–H groups in total. The Morgan fingerprint density at radius 3 is 2.37 bits per heavy atom. The lowest BCUT2D eigenvalue weighted by Crippen LogP contribution is -2.42. The number of benzene rings is 1. The number of alkyl halides is 2. The lowest BCUT2D eigenvalue weighted by molar-refractivity contribution is -0.0511. The van der Waals surface area contributed by atoms with Gasteiger partial charge in [-0.2, -0.15) is 0 Å². The van der Waals surface area contributed by atoms with Crippen molar-refractivity contribution in [2.75, 3.05) is 13.7 Å². The van der Waals surface area contributed by atoms with Crippen molar-refractivity contribution in [3.05, 3.63) is 29.6 Å². The Morgan fingerprint density at radius 1 is 1.21 bits per heavy atom. The van der Waals surface area contributed by atoms with Gasteiger partial charge < -0.3 is 10.5 Å². The monoisotopic (exact) mass is 273 g/mol. The van der Waals surface area contributed by atoms with E-state index in [4.69, 9.17) is 10.5 Å². The molecule has 0 radical (unpaired) electrons. The molecule has 106 valence electrons. The Balaban J connectivity index is 2.40. The lowest BCUT2D eigenvalue weighted by Gasteiger charge is -2.40. The Kier molecular flexibility index (Phi) is 3.76. The van der Waals surface area contributed by atoms with Crippen LogP contribution in [-0.4, -0.2) is 19.6 Å². The molecule has 1 aromatic rings. The molecule has 0 aromatic heterocycles. The number of nitrogens with two attached hydrogens (primary N) is 1. The largest absolute Gasteiger partial charge is 0.493 e. The zero-order chi connectivity index (χ0) is 14.1. The van der Waals surface area contributed by atoms with E-state index in [9.17, 15) is 13.2 Å². The van der Waals surface area contributed by atoms with Crippen molar-refractivity contribution in [1.82, 2.24) is 0 Å². The van der Waals surface area contributed by atoms with Crippen LogP contribution < -0.4 is 10.5 Å². The number of hydrogen-bond donors (Lipinski definition) is 1. The molecule has 0 heterocycles. The van der Waals surface area contributed by atoms with E-state index in [2.05, 4.69) is 0 Å². The summed E-state index contributed by atoms with van der Waals surface area (Å²) in [5.74, 6) is -3.00. The van der Waals surface area contributed by atoms with Gasteiger partial charge in [-0.15, -0.1) is 0 Å². The van der Waals surface area contributed by atoms with Gasteiger partial charge in [0.2, 0.25) is 5.92 Å². The summed E-state index contributed by atoms with van der Waals surface area (Å²) in [6.07, 6.45) is 0.0559. The minimum atomic E-state index is -2.64. The topological polar surface area (TPSA) is 35.2 Å². The fourth-order valence-electron chi connectivity index (χ4n) is 2.81. The van der Waals surface area contributed by atoms with Crippen LogP contribution in [0.5, 0.6) is 5.75 Å². The highest BCUT2D eigenvalue weighted by molar-refractivity contribution is 5.41. The van der Waals surface area contributed by atoms with Crippen LogP contribution in [0.4, 0.5) is 13.2 Å². The van der Waals surface area contributed by atoms with Gasteiger partial charge in [0.15, 0.2) is 11.6 Å². The van der Waals surface area contributed by atoms with Crippen LogP contribution >= 0.6 is 0 Å². The quantitative estimate of drug-likeness (QED) is 0.917. The molecule has 0 saturated heterocycles. The smallest absolute Gasteiger partial charge is 0.248 e. The molecule has 0 atom stereocenters. The maximum absolute atomic E-state index is 13.7. The Hall–Kier alpha value is -1.23. The number of para-hydroxylation sites is 1. The molecule has 1 aromatic carbocycles. The summed E-state index contributed by atoms with van der Waals surface area (Å²) in [4.78, 5) is 0. The summed E-state index contributed by atoms with van der Waals surface area (Å²) in [7, 11) is 1.38. The standard InChI is InChI=1S/C14H18F3NO/c1-19-12-10(3-2-4-11(12)15)13(9-18)5-7-14(16,17)8-6-13/h2-4H,5-9,18H2,1H3. The van der Waals surface area contributed by atoms with E-state index in [-0.39, 0.29) is 38.0 Å². The highest BCUT2D eigenvalue weighted by Crippen LogP contribution is 2.47. The third-order valence-electron chi connectivity index (χ3n) is 4.07. The van der Waals surface area contributed by atoms with Gasteiger partial charge in [0.1, 0.15) is 0 Å². The molecule has 0 spiro atoms. The Morgan fingerprint density at radius 2 is 1.84 bits per heavy atom. The van der Waals surface area contributed by atoms with E-state index >= 15 is 0 Å². The predicted molar refractivity (Wildman–Crippen MR) is 67.1 cm³/mol. The van der Waals surface area contributed by atoms with Gasteiger partial charge in [-0.3, -0.25) is 0 Å². The number of methoxy groups -OCH3 is 1. The molecule has 1 saturated carbocycles. The van der Waals surface area contributed by atoms with Crippen LogP contribution in [0.15, 0.2) is 18.2 Å². The zero-order valence-corrected chi connectivity index (χ0v) is 10.9. The summed E-state index contributed by atoms with van der Waals surface area (Å²) >= 11 is 0. The molecule has 2 nitrogen and oxygen atoms in total. The number of hydrogen-bond acceptors (Lipinski definition) is 2. The molecular weight excluding hydrogens is 255 g/mol. The fraction of sp³-hybridized carbons (Fsp3) is 0.571. The normalized spacial score (nSPS) is 21.1. The predicted octanol–water partition coefficient (Wildman–Crippen LogP) is 3.24. The van der Waals surface area contributed by atoms with E-state index in [0.29, 0.717) is 5.56 Å². The van der Waals surface area contributed by atoms with Crippen molar-refractivity contribution in [1.29, 1.82) is 0 Å². The molecule has 0 bridgehead atoms. The van der Waals surface area contributed by atoms with Gasteiger partial charge in [-0.1, -0.05) is 12.1 Å². The number of halogens is 3. The first kappa shape index (κ1) is 14.2. The van der Waals surface area contributed by atoms with Gasteiger partial charge in [0.25, 0.3) is 0 Å². The van der Waals surface area contributed by atoms with Crippen LogP contribution in [-0.2, 0) is 5.41 Å². The molecule has 2 rings (SSSR count). The molecule has 1 fully saturated rings. The van der Waals surface area contributed by atoms with Gasteiger partial charge in [0, 0.05) is 30.4 Å². The molecule has 5 heteroatoms. The van der Waals surface area contributed by atoms with Gasteiger partial charge >= 0.3 is 0 Å². The first-order chi connectivity index (χ1) is 8.94. The molecule has 19 heavy (non-hydrogen) atoms. The maximum Gasteiger partial charge on any atom is 0.248 e. The molecule has 1 aliphatic rings. The zero-order valence-electron chi connectivity index (χ0n) is 10.9. The van der Waals surface area contributed by atoms with E-state index in [1.807, 2.05) is 0 Å². The van der Waals surface area contributed by atoms with E-state index in [1.165, 1.54) is 13.2 Å². The number of ether oxygens (including phenoxy) is 1. The third-order valence-corrected chi connectivity index (χ3v) is 4.07. The average molecular weight is 273 g/mol. The minimum absolute atomic E-state index is 0.123. The first-order valence-electron chi connectivity index (χ1n) is 6.35. The van der Waals surface area contributed by atoms with E-state index in [0.717, 1.165) is 0 Å². The van der Waals surface area contributed by atoms with Gasteiger partial charge in [-0.05, 0) is 18.9 Å². The van der Waals surface area contributed by atoms with Crippen LogP contribution in [0.25, 0.3) is 0 Å². The lowest BCUT2D eigenvalue weighted by atomic mass is 9.68. The number of rotatable bonds is 3. The molecule has 1 aliphatic carbocycles. The van der Waals surface area contributed by atoms with Gasteiger partial charge in [0.05, 0.1) is 7.11 Å². The van der Waals surface area contributed by atoms with Crippen molar-refractivity contribution in [2.45, 2.75) is 37.0 Å². The van der Waals surface area contributed by atoms with Crippen LogP contribution in [0, 0.1) is 5.82 Å². The highest BCUT2D eigenvalue weighted by Gasteiger charge is 2.45. The highest BCUT2D eigenvalue weighted by atomic mass is 19.3. The van der Waals surface area contributed by atoms with Crippen LogP contribution in [0.2, 0.25) is 0 Å². The summed E-state index contributed by atoms with van der Waals surface area (Å²) in [6.45, 7) is 0.211. The summed E-state index contributed by atoms with van der Waals surface area (Å²) in [6, 6.07) is 4.58. The van der Waals surface area contributed by atoms with Crippen LogP contribution in [0.1, 0.15) is 31.2 Å². The van der Waals surface area contributed by atoms with Crippen molar-refractivity contribution in [2.24, 2.45) is 5.73 Å².